The summed E-state index contributed by atoms with van der Waals surface area (Å²) in [6, 6.07) is 19.4. The first-order chi connectivity index (χ1) is 16.2. The molecule has 0 atom stereocenters. The molecule has 0 aliphatic carbocycles. The van der Waals surface area contributed by atoms with Crippen LogP contribution in [0, 0.1) is 6.92 Å². The molecule has 0 bridgehead atoms. The van der Waals surface area contributed by atoms with Crippen molar-refractivity contribution in [3.8, 4) is 16.9 Å². The number of carbonyl (C=O) groups excluding carboxylic acids is 2. The smallest absolute Gasteiger partial charge is 0.318 e. The van der Waals surface area contributed by atoms with Crippen molar-refractivity contribution < 1.29 is 9.59 Å². The van der Waals surface area contributed by atoms with Crippen molar-refractivity contribution in [1.82, 2.24) is 20.0 Å². The maximum absolute atomic E-state index is 13.1. The summed E-state index contributed by atoms with van der Waals surface area (Å²) in [6.07, 6.45) is 1.76. The first-order valence-electron chi connectivity index (χ1n) is 11.8. The number of benzene rings is 2. The molecule has 180 valence electrons. The molecule has 3 aromatic rings. The van der Waals surface area contributed by atoms with Crippen LogP contribution in [0.3, 0.4) is 0 Å². The highest BCUT2D eigenvalue weighted by Gasteiger charge is 2.22. The molecule has 3 rings (SSSR count). The Morgan fingerprint density at radius 3 is 2.32 bits per heavy atom. The Kier molecular flexibility index (Phi) is 8.10. The Morgan fingerprint density at radius 2 is 1.71 bits per heavy atom. The van der Waals surface area contributed by atoms with Gasteiger partial charge >= 0.3 is 6.03 Å². The Bertz CT molecular complexity index is 1100. The van der Waals surface area contributed by atoms with Gasteiger partial charge in [0.25, 0.3) is 0 Å². The van der Waals surface area contributed by atoms with E-state index in [2.05, 4.69) is 17.6 Å². The molecule has 0 fully saturated rings. The normalized spacial score (nSPS) is 11.2. The van der Waals surface area contributed by atoms with Gasteiger partial charge in [0.1, 0.15) is 12.4 Å². The van der Waals surface area contributed by atoms with Crippen LogP contribution in [-0.4, -0.2) is 45.2 Å². The molecule has 0 unspecified atom stereocenters. The van der Waals surface area contributed by atoms with E-state index in [4.69, 9.17) is 5.10 Å². The summed E-state index contributed by atoms with van der Waals surface area (Å²) < 4.78 is 1.73. The lowest BCUT2D eigenvalue weighted by molar-refractivity contribution is -0.116. The largest absolute Gasteiger partial charge is 0.333 e. The summed E-state index contributed by atoms with van der Waals surface area (Å²) in [5, 5.41) is 10.7. The zero-order valence-corrected chi connectivity index (χ0v) is 20.8. The number of unbranched alkanes of at least 4 members (excludes halogenated alkanes) is 1. The van der Waals surface area contributed by atoms with Crippen molar-refractivity contribution in [2.75, 3.05) is 18.4 Å². The zero-order valence-electron chi connectivity index (χ0n) is 20.8. The minimum Gasteiger partial charge on any atom is -0.333 e. The molecule has 3 amide bonds. The predicted octanol–water partition coefficient (Wildman–Crippen LogP) is 5.40. The number of aromatic nitrogens is 2. The third-order valence-corrected chi connectivity index (χ3v) is 5.21. The van der Waals surface area contributed by atoms with Crippen molar-refractivity contribution in [1.29, 1.82) is 0 Å². The molecule has 2 N–H and O–H groups in total. The van der Waals surface area contributed by atoms with E-state index < -0.39 is 0 Å². The van der Waals surface area contributed by atoms with Gasteiger partial charge in [0, 0.05) is 23.7 Å². The van der Waals surface area contributed by atoms with Crippen molar-refractivity contribution in [3.05, 3.63) is 66.2 Å². The molecule has 0 saturated heterocycles. The van der Waals surface area contributed by atoms with Crippen LogP contribution in [-0.2, 0) is 4.79 Å². The number of urea groups is 1. The van der Waals surface area contributed by atoms with E-state index in [1.54, 1.807) is 9.58 Å². The highest BCUT2D eigenvalue weighted by Crippen LogP contribution is 2.25. The highest BCUT2D eigenvalue weighted by atomic mass is 16.2. The van der Waals surface area contributed by atoms with Gasteiger partial charge in [0.05, 0.1) is 11.4 Å². The van der Waals surface area contributed by atoms with Crippen LogP contribution >= 0.6 is 0 Å². The number of nitrogens with one attached hydrogen (secondary N) is 2. The van der Waals surface area contributed by atoms with Gasteiger partial charge in [-0.3, -0.25) is 4.79 Å². The van der Waals surface area contributed by atoms with E-state index in [0.29, 0.717) is 12.4 Å². The van der Waals surface area contributed by atoms with E-state index >= 15 is 0 Å². The SMILES string of the molecule is CCCCN(CC(=O)Nc1cc(-c2ccccc2)nn1-c1ccc(C)cc1)C(=O)NC(C)(C)C. The van der Waals surface area contributed by atoms with Gasteiger partial charge in [-0.2, -0.15) is 5.10 Å². The zero-order chi connectivity index (χ0) is 24.7. The number of aryl methyl sites for hydroxylation is 1. The number of nitrogens with zero attached hydrogens (tertiary/aromatic N) is 3. The second-order valence-electron chi connectivity index (χ2n) is 9.53. The first-order valence-corrected chi connectivity index (χ1v) is 11.8. The molecular formula is C27H35N5O2. The average Bonchev–Trinajstić information content (AvgIpc) is 3.20. The lowest BCUT2D eigenvalue weighted by Crippen LogP contribution is -2.50. The van der Waals surface area contributed by atoms with E-state index in [1.165, 1.54) is 0 Å². The minimum atomic E-state index is -0.382. The monoisotopic (exact) mass is 461 g/mol. The molecule has 7 nitrogen and oxygen atoms in total. The number of anilines is 1. The van der Waals surface area contributed by atoms with Crippen LogP contribution in [0.25, 0.3) is 16.9 Å². The maximum atomic E-state index is 13.1. The summed E-state index contributed by atoms with van der Waals surface area (Å²) in [7, 11) is 0. The molecule has 7 heteroatoms. The van der Waals surface area contributed by atoms with Crippen LogP contribution in [0.1, 0.15) is 46.1 Å². The van der Waals surface area contributed by atoms with Gasteiger partial charge in [0.15, 0.2) is 0 Å². The lowest BCUT2D eigenvalue weighted by Gasteiger charge is -2.28. The van der Waals surface area contributed by atoms with Gasteiger partial charge in [0.2, 0.25) is 5.91 Å². The first kappa shape index (κ1) is 25.0. The number of amides is 3. The Hall–Kier alpha value is -3.61. The molecule has 2 aromatic carbocycles. The third-order valence-electron chi connectivity index (χ3n) is 5.21. The molecule has 0 aliphatic rings. The third kappa shape index (κ3) is 6.94. The number of carbonyl (C=O) groups is 2. The van der Waals surface area contributed by atoms with Crippen molar-refractivity contribution in [2.24, 2.45) is 0 Å². The maximum Gasteiger partial charge on any atom is 0.318 e. The fourth-order valence-electron chi connectivity index (χ4n) is 3.46. The molecule has 1 heterocycles. The molecule has 0 radical (unpaired) electrons. The summed E-state index contributed by atoms with van der Waals surface area (Å²) in [6.45, 7) is 10.3. The van der Waals surface area contributed by atoms with E-state index in [0.717, 1.165) is 35.3 Å². The van der Waals surface area contributed by atoms with Crippen LogP contribution in [0.15, 0.2) is 60.7 Å². The second-order valence-corrected chi connectivity index (χ2v) is 9.53. The molecule has 34 heavy (non-hydrogen) atoms. The van der Waals surface area contributed by atoms with Gasteiger partial charge < -0.3 is 15.5 Å². The summed E-state index contributed by atoms with van der Waals surface area (Å²) in [5.41, 5.74) is 3.31. The van der Waals surface area contributed by atoms with Crippen LogP contribution in [0.2, 0.25) is 0 Å². The van der Waals surface area contributed by atoms with E-state index in [9.17, 15) is 9.59 Å². The Labute approximate surface area is 202 Å². The Balaban J connectivity index is 1.85. The molecule has 0 saturated carbocycles. The number of hydrogen-bond acceptors (Lipinski definition) is 3. The van der Waals surface area contributed by atoms with Crippen LogP contribution < -0.4 is 10.6 Å². The van der Waals surface area contributed by atoms with Gasteiger partial charge in [-0.15, -0.1) is 0 Å². The van der Waals surface area contributed by atoms with Gasteiger partial charge in [-0.25, -0.2) is 9.48 Å². The minimum absolute atomic E-state index is 0.0400. The summed E-state index contributed by atoms with van der Waals surface area (Å²) >= 11 is 0. The van der Waals surface area contributed by atoms with Crippen molar-refractivity contribution >= 4 is 17.8 Å². The second kappa shape index (κ2) is 11.0. The number of rotatable bonds is 8. The topological polar surface area (TPSA) is 79.3 Å². The van der Waals surface area contributed by atoms with Gasteiger partial charge in [-0.05, 0) is 46.2 Å². The standard InChI is InChI=1S/C27H35N5O2/c1-6-7-17-31(26(34)29-27(3,4)5)19-25(33)28-24-18-23(21-11-9-8-10-12-21)30-32(24)22-15-13-20(2)14-16-22/h8-16,18H,6-7,17,19H2,1-5H3,(H,28,33)(H,29,34). The fraction of sp³-hybridized carbons (Fsp3) is 0.370. The number of hydrogen-bond donors (Lipinski definition) is 2. The molecule has 0 aliphatic heterocycles. The molecular weight excluding hydrogens is 426 g/mol. The van der Waals surface area contributed by atoms with Crippen LogP contribution in [0.5, 0.6) is 0 Å². The summed E-state index contributed by atoms with van der Waals surface area (Å²) in [4.78, 5) is 27.4. The predicted molar refractivity (Wildman–Crippen MR) is 137 cm³/mol. The van der Waals surface area contributed by atoms with E-state index in [-0.39, 0.29) is 24.0 Å². The average molecular weight is 462 g/mol. The summed E-state index contributed by atoms with van der Waals surface area (Å²) in [5.74, 6) is 0.285. The lowest BCUT2D eigenvalue weighted by atomic mass is 10.1. The van der Waals surface area contributed by atoms with E-state index in [1.807, 2.05) is 88.4 Å². The molecule has 1 aromatic heterocycles. The molecule has 0 spiro atoms. The quantitative estimate of drug-likeness (QED) is 0.472. The fourth-order valence-corrected chi connectivity index (χ4v) is 3.46. The Morgan fingerprint density at radius 1 is 1.03 bits per heavy atom. The van der Waals surface area contributed by atoms with Crippen LogP contribution in [0.4, 0.5) is 10.6 Å². The van der Waals surface area contributed by atoms with Crippen molar-refractivity contribution in [2.45, 2.75) is 53.0 Å². The van der Waals surface area contributed by atoms with Crippen molar-refractivity contribution in [3.63, 3.8) is 0 Å². The highest BCUT2D eigenvalue weighted by molar-refractivity contribution is 5.94. The van der Waals surface area contributed by atoms with Gasteiger partial charge in [-0.1, -0.05) is 61.4 Å².